The largest absolute Gasteiger partial charge is 0.340 e. The topological polar surface area (TPSA) is 97.9 Å². The summed E-state index contributed by atoms with van der Waals surface area (Å²) in [6, 6.07) is 9.15. The van der Waals surface area contributed by atoms with Gasteiger partial charge in [0, 0.05) is 13.0 Å². The van der Waals surface area contributed by atoms with Crippen molar-refractivity contribution in [3.63, 3.8) is 0 Å². The molecule has 0 aliphatic carbocycles. The fourth-order valence-corrected chi connectivity index (χ4v) is 2.12. The molecule has 0 saturated carbocycles. The summed E-state index contributed by atoms with van der Waals surface area (Å²) >= 11 is 0. The molecule has 0 unspecified atom stereocenters. The van der Waals surface area contributed by atoms with Crippen molar-refractivity contribution in [2.45, 2.75) is 20.4 Å². The van der Waals surface area contributed by atoms with E-state index in [1.807, 2.05) is 31.2 Å². The number of urea groups is 1. The number of rotatable bonds is 4. The number of aromatic nitrogens is 4. The number of amides is 2. The summed E-state index contributed by atoms with van der Waals surface area (Å²) in [6.45, 7) is 3.86. The molecule has 0 saturated heterocycles. The van der Waals surface area contributed by atoms with E-state index in [1.54, 1.807) is 23.9 Å². The van der Waals surface area contributed by atoms with Crippen LogP contribution in [-0.2, 0) is 6.54 Å². The first kappa shape index (κ1) is 14.8. The third kappa shape index (κ3) is 3.37. The lowest BCUT2D eigenvalue weighted by molar-refractivity contribution is 0.251. The number of para-hydroxylation sites is 1. The Bertz CT molecular complexity index is 823. The molecule has 3 aromatic rings. The summed E-state index contributed by atoms with van der Waals surface area (Å²) in [4.78, 5) is 16.0. The Morgan fingerprint density at radius 3 is 2.83 bits per heavy atom. The van der Waals surface area contributed by atoms with Crippen molar-refractivity contribution in [1.82, 2.24) is 25.2 Å². The molecule has 0 spiro atoms. The third-order valence-corrected chi connectivity index (χ3v) is 3.20. The summed E-state index contributed by atoms with van der Waals surface area (Å²) in [6.07, 6.45) is 1.63. The van der Waals surface area contributed by atoms with Gasteiger partial charge >= 0.3 is 6.03 Å². The second kappa shape index (κ2) is 6.30. The Morgan fingerprint density at radius 2 is 2.09 bits per heavy atom. The Morgan fingerprint density at radius 1 is 1.26 bits per heavy atom. The number of anilines is 1. The van der Waals surface area contributed by atoms with E-state index in [2.05, 4.69) is 25.9 Å². The molecule has 118 valence electrons. The fraction of sp³-hybridized carbons (Fsp3) is 0.200. The molecule has 2 amide bonds. The van der Waals surface area contributed by atoms with Gasteiger partial charge in [0.15, 0.2) is 5.82 Å². The molecule has 0 bridgehead atoms. The van der Waals surface area contributed by atoms with E-state index in [9.17, 15) is 4.79 Å². The smallest absolute Gasteiger partial charge is 0.320 e. The highest BCUT2D eigenvalue weighted by molar-refractivity contribution is 5.88. The molecule has 3 rings (SSSR count). The van der Waals surface area contributed by atoms with Gasteiger partial charge < -0.3 is 9.84 Å². The molecule has 0 radical (unpaired) electrons. The molecule has 1 aromatic carbocycles. The minimum Gasteiger partial charge on any atom is -0.340 e. The number of hydrogen-bond acceptors (Lipinski definition) is 5. The molecule has 23 heavy (non-hydrogen) atoms. The number of carbonyl (C=O) groups excluding carboxylic acids is 1. The van der Waals surface area contributed by atoms with Gasteiger partial charge in [0.2, 0.25) is 5.89 Å². The Kier molecular flexibility index (Phi) is 4.05. The minimum absolute atomic E-state index is 0.182. The predicted molar refractivity (Wildman–Crippen MR) is 83.2 cm³/mol. The maximum Gasteiger partial charge on any atom is 0.320 e. The van der Waals surface area contributed by atoms with Crippen molar-refractivity contribution in [3.05, 3.63) is 53.8 Å². The Hall–Kier alpha value is -3.16. The van der Waals surface area contributed by atoms with Crippen LogP contribution in [0.2, 0.25) is 0 Å². The lowest BCUT2D eigenvalue weighted by Crippen LogP contribution is -2.29. The van der Waals surface area contributed by atoms with Crippen molar-refractivity contribution in [1.29, 1.82) is 0 Å². The van der Waals surface area contributed by atoms with Gasteiger partial charge in [-0.05, 0) is 18.6 Å². The van der Waals surface area contributed by atoms with Crippen LogP contribution < -0.4 is 10.6 Å². The van der Waals surface area contributed by atoms with E-state index in [1.165, 1.54) is 0 Å². The van der Waals surface area contributed by atoms with Gasteiger partial charge in [0.25, 0.3) is 0 Å². The number of nitrogens with zero attached hydrogens (tertiary/aromatic N) is 4. The van der Waals surface area contributed by atoms with Crippen LogP contribution in [-0.4, -0.2) is 26.0 Å². The van der Waals surface area contributed by atoms with Crippen LogP contribution in [0.1, 0.15) is 17.3 Å². The van der Waals surface area contributed by atoms with Gasteiger partial charge in [-0.25, -0.2) is 9.48 Å². The SMILES string of the molecule is Cc1nc(CNC(=O)Nc2ccnn2-c2ccccc2C)no1. The molecule has 2 aromatic heterocycles. The standard InChI is InChI=1S/C15H16N6O2/c1-10-5-3-4-6-12(10)21-14(7-8-17-21)19-15(22)16-9-13-18-11(2)23-20-13/h3-8H,9H2,1-2H3,(H2,16,19,22). The highest BCUT2D eigenvalue weighted by atomic mass is 16.5. The molecule has 0 aliphatic heterocycles. The molecule has 2 heterocycles. The number of aryl methyl sites for hydroxylation is 2. The van der Waals surface area contributed by atoms with Crippen LogP contribution in [0, 0.1) is 13.8 Å². The Labute approximate surface area is 132 Å². The van der Waals surface area contributed by atoms with Gasteiger partial charge in [-0.3, -0.25) is 5.32 Å². The van der Waals surface area contributed by atoms with Crippen LogP contribution in [0.3, 0.4) is 0 Å². The first-order chi connectivity index (χ1) is 11.1. The predicted octanol–water partition coefficient (Wildman–Crippen LogP) is 2.19. The number of carbonyl (C=O) groups is 1. The van der Waals surface area contributed by atoms with Crippen molar-refractivity contribution in [2.24, 2.45) is 0 Å². The van der Waals surface area contributed by atoms with Crippen LogP contribution in [0.5, 0.6) is 0 Å². The molecule has 0 atom stereocenters. The molecule has 8 heteroatoms. The minimum atomic E-state index is -0.372. The third-order valence-electron chi connectivity index (χ3n) is 3.20. The number of nitrogens with one attached hydrogen (secondary N) is 2. The quantitative estimate of drug-likeness (QED) is 0.769. The maximum atomic E-state index is 12.0. The summed E-state index contributed by atoms with van der Waals surface area (Å²) in [5.74, 6) is 1.45. The lowest BCUT2D eigenvalue weighted by Gasteiger charge is -2.11. The van der Waals surface area contributed by atoms with Gasteiger partial charge in [-0.1, -0.05) is 23.4 Å². The second-order valence-electron chi connectivity index (χ2n) is 4.95. The lowest BCUT2D eigenvalue weighted by atomic mass is 10.2. The highest BCUT2D eigenvalue weighted by Crippen LogP contribution is 2.17. The molecular weight excluding hydrogens is 296 g/mol. The average molecular weight is 312 g/mol. The van der Waals surface area contributed by atoms with Crippen molar-refractivity contribution >= 4 is 11.8 Å². The molecule has 0 fully saturated rings. The molecule has 0 aliphatic rings. The van der Waals surface area contributed by atoms with Gasteiger partial charge in [0.05, 0.1) is 18.4 Å². The zero-order chi connectivity index (χ0) is 16.2. The number of benzene rings is 1. The van der Waals surface area contributed by atoms with Gasteiger partial charge in [0.1, 0.15) is 5.82 Å². The molecule has 8 nitrogen and oxygen atoms in total. The fourth-order valence-electron chi connectivity index (χ4n) is 2.12. The normalized spacial score (nSPS) is 10.5. The zero-order valence-corrected chi connectivity index (χ0v) is 12.8. The monoisotopic (exact) mass is 312 g/mol. The summed E-state index contributed by atoms with van der Waals surface area (Å²) in [7, 11) is 0. The maximum absolute atomic E-state index is 12.0. The first-order valence-corrected chi connectivity index (χ1v) is 7.07. The average Bonchev–Trinajstić information content (AvgIpc) is 3.15. The van der Waals surface area contributed by atoms with Crippen LogP contribution in [0.15, 0.2) is 41.1 Å². The summed E-state index contributed by atoms with van der Waals surface area (Å²) in [5, 5.41) is 13.4. The highest BCUT2D eigenvalue weighted by Gasteiger charge is 2.11. The van der Waals surface area contributed by atoms with Crippen molar-refractivity contribution in [2.75, 3.05) is 5.32 Å². The van der Waals surface area contributed by atoms with Crippen molar-refractivity contribution in [3.8, 4) is 5.69 Å². The van der Waals surface area contributed by atoms with E-state index in [0.717, 1.165) is 11.3 Å². The van der Waals surface area contributed by atoms with Crippen molar-refractivity contribution < 1.29 is 9.32 Å². The van der Waals surface area contributed by atoms with Crippen LogP contribution in [0.4, 0.5) is 10.6 Å². The summed E-state index contributed by atoms with van der Waals surface area (Å²) in [5.41, 5.74) is 1.96. The molecule has 2 N–H and O–H groups in total. The van der Waals surface area contributed by atoms with Gasteiger partial charge in [-0.15, -0.1) is 0 Å². The van der Waals surface area contributed by atoms with E-state index in [-0.39, 0.29) is 12.6 Å². The van der Waals surface area contributed by atoms with E-state index < -0.39 is 0 Å². The summed E-state index contributed by atoms with van der Waals surface area (Å²) < 4.78 is 6.52. The van der Waals surface area contributed by atoms with E-state index >= 15 is 0 Å². The van der Waals surface area contributed by atoms with Gasteiger partial charge in [-0.2, -0.15) is 10.1 Å². The zero-order valence-electron chi connectivity index (χ0n) is 12.8. The first-order valence-electron chi connectivity index (χ1n) is 7.07. The Balaban J connectivity index is 1.68. The number of hydrogen-bond donors (Lipinski definition) is 2. The van der Waals surface area contributed by atoms with Crippen LogP contribution in [0.25, 0.3) is 5.69 Å². The van der Waals surface area contributed by atoms with E-state index in [4.69, 9.17) is 4.52 Å². The van der Waals surface area contributed by atoms with Crippen LogP contribution >= 0.6 is 0 Å². The van der Waals surface area contributed by atoms with E-state index in [0.29, 0.717) is 17.5 Å². The second-order valence-corrected chi connectivity index (χ2v) is 4.95. The molecular formula is C15H16N6O2.